The Labute approximate surface area is 383 Å². The smallest absolute Gasteiger partial charge is 0.312 e. The summed E-state index contributed by atoms with van der Waals surface area (Å²) in [6.07, 6.45) is 32.4. The number of hydrogen-bond acceptors (Lipinski definition) is 6. The average molecular weight is 918 g/mol. The fraction of sp³-hybridized carbons (Fsp3) is 1.00. The Balaban J connectivity index is -0.000000215. The van der Waals surface area contributed by atoms with Crippen LogP contribution in [0.25, 0.3) is 0 Å². The molecule has 0 bridgehead atoms. The van der Waals surface area contributed by atoms with Crippen molar-refractivity contribution in [2.24, 2.45) is 0 Å². The van der Waals surface area contributed by atoms with E-state index in [2.05, 4.69) is 103 Å². The van der Waals surface area contributed by atoms with Crippen molar-refractivity contribution in [3.8, 4) is 0 Å². The van der Waals surface area contributed by atoms with Gasteiger partial charge in [0.1, 0.15) is 0 Å². The maximum absolute atomic E-state index is 9.74. The molecule has 0 aromatic rings. The Bertz CT molecular complexity index is 691. The Kier molecular flexibility index (Phi) is 64.6. The van der Waals surface area contributed by atoms with Gasteiger partial charge in [0.15, 0.2) is 0 Å². The van der Waals surface area contributed by atoms with Crippen molar-refractivity contribution in [3.05, 3.63) is 0 Å². The second-order valence-electron chi connectivity index (χ2n) is 16.8. The zero-order valence-corrected chi connectivity index (χ0v) is 45.0. The van der Waals surface area contributed by atoms with Gasteiger partial charge in [-0.25, -0.2) is 9.13 Å². The third-order valence-corrected chi connectivity index (χ3v) is 12.3. The molecule has 0 saturated heterocycles. The van der Waals surface area contributed by atoms with Gasteiger partial charge < -0.3 is 39.2 Å². The summed E-state index contributed by atoms with van der Waals surface area (Å²) in [4.78, 5) is 42.8. The highest BCUT2D eigenvalue weighted by atomic mass is 31.3. The number of hydrogen-bond donors (Lipinski definition) is 5. The summed E-state index contributed by atoms with van der Waals surface area (Å²) in [6.45, 7) is 43.1. The third kappa shape index (κ3) is 69.3. The van der Waals surface area contributed by atoms with Crippen LogP contribution in [0.1, 0.15) is 237 Å². The molecule has 0 aliphatic rings. The molecule has 0 radical (unpaired) electrons. The Morgan fingerprint density at radius 1 is 0.262 bits per heavy atom. The second-order valence-corrected chi connectivity index (χ2v) is 19.8. The van der Waals surface area contributed by atoms with Crippen LogP contribution >= 0.6 is 15.5 Å². The van der Waals surface area contributed by atoms with Gasteiger partial charge in [-0.3, -0.25) is 0 Å². The van der Waals surface area contributed by atoms with Crippen molar-refractivity contribution in [2.45, 2.75) is 237 Å². The molecule has 0 atom stereocenters. The van der Waals surface area contributed by atoms with E-state index in [0.717, 1.165) is 4.86 Å². The van der Waals surface area contributed by atoms with E-state index >= 15 is 0 Å². The Morgan fingerprint density at radius 3 is 0.410 bits per heavy atom. The van der Waals surface area contributed by atoms with Crippen molar-refractivity contribution >= 4 is 15.5 Å². The molecule has 0 aliphatic carbocycles. The largest absolute Gasteiger partial charge is 0.409 e. The molecule has 0 amide bonds. The van der Waals surface area contributed by atoms with Crippen LogP contribution in [0.3, 0.4) is 0 Å². The Hall–Kier alpha value is 0.100. The number of rotatable bonds is 38. The van der Waals surface area contributed by atoms with Crippen molar-refractivity contribution in [1.82, 2.24) is 24.5 Å². The average Bonchev–Trinajstić information content (AvgIpc) is 3.22. The number of nitrogens with zero attached hydrogens (tertiary/aromatic N) is 4. The fourth-order valence-electron chi connectivity index (χ4n) is 6.09. The molecule has 0 saturated carbocycles. The first-order valence-corrected chi connectivity index (χ1v) is 29.1. The van der Waals surface area contributed by atoms with Gasteiger partial charge in [-0.05, 0) is 156 Å². The fourth-order valence-corrected chi connectivity index (χ4v) is 7.45. The number of unbranched alkanes of at least 4 members (excludes halogenated alkanes) is 12. The van der Waals surface area contributed by atoms with Crippen molar-refractivity contribution in [1.29, 1.82) is 0 Å². The summed E-state index contributed by atoms with van der Waals surface area (Å²) in [7, 11) is -9.60. The van der Waals surface area contributed by atoms with Gasteiger partial charge in [-0.1, -0.05) is 160 Å². The number of nitrogens with one attached hydrogen (secondary N) is 1. The van der Waals surface area contributed by atoms with Crippen LogP contribution in [0.15, 0.2) is 0 Å². The van der Waals surface area contributed by atoms with Gasteiger partial charge in [0.05, 0.1) is 0 Å². The molecule has 0 fully saturated rings. The normalized spacial score (nSPS) is 11.5. The molecule has 0 heterocycles. The zero-order chi connectivity index (χ0) is 47.5. The molecule has 376 valence electrons. The quantitative estimate of drug-likeness (QED) is 0.0378. The van der Waals surface area contributed by atoms with Gasteiger partial charge in [0, 0.05) is 0 Å². The van der Waals surface area contributed by atoms with Gasteiger partial charge in [0.25, 0.3) is 0 Å². The van der Waals surface area contributed by atoms with Crippen LogP contribution in [0.4, 0.5) is 0 Å². The highest BCUT2D eigenvalue weighted by Crippen LogP contribution is 2.43. The van der Waals surface area contributed by atoms with Gasteiger partial charge in [-0.15, -0.1) is 4.86 Å². The Morgan fingerprint density at radius 2 is 0.361 bits per heavy atom. The SMILES string of the molecule is CCCCN(CCCC)CCCC.CCCCN(CCCC)CCCC.CCCCN(CCCC)CCCC.CCCCN(CCCC)CCCC.O=P(O)(O)NP(=O)(O)O. The van der Waals surface area contributed by atoms with Gasteiger partial charge in [0.2, 0.25) is 0 Å². The summed E-state index contributed by atoms with van der Waals surface area (Å²) >= 11 is 0. The maximum atomic E-state index is 9.74. The van der Waals surface area contributed by atoms with Crippen LogP contribution in [-0.2, 0) is 9.13 Å². The van der Waals surface area contributed by atoms with Gasteiger partial charge in [-0.2, -0.15) is 0 Å². The first-order chi connectivity index (χ1) is 29.1. The highest BCUT2D eigenvalue weighted by molar-refractivity contribution is 7.65. The van der Waals surface area contributed by atoms with Crippen LogP contribution in [-0.4, -0.2) is 118 Å². The maximum Gasteiger partial charge on any atom is 0.409 e. The first-order valence-electron chi connectivity index (χ1n) is 25.9. The minimum Gasteiger partial charge on any atom is -0.312 e. The van der Waals surface area contributed by atoms with E-state index in [9.17, 15) is 9.13 Å². The summed E-state index contributed by atoms with van der Waals surface area (Å²) in [5.74, 6) is 0. The zero-order valence-electron chi connectivity index (χ0n) is 43.2. The second kappa shape index (κ2) is 56.2. The molecular weight excluding hydrogens is 805 g/mol. The lowest BCUT2D eigenvalue weighted by Gasteiger charge is -2.21. The van der Waals surface area contributed by atoms with Crippen LogP contribution in [0, 0.1) is 0 Å². The first kappa shape index (κ1) is 70.1. The molecule has 11 nitrogen and oxygen atoms in total. The van der Waals surface area contributed by atoms with Crippen molar-refractivity contribution in [2.75, 3.05) is 78.5 Å². The monoisotopic (exact) mass is 918 g/mol. The van der Waals surface area contributed by atoms with E-state index in [-0.39, 0.29) is 0 Å². The molecule has 0 spiro atoms. The van der Waals surface area contributed by atoms with E-state index in [0.29, 0.717) is 0 Å². The molecule has 0 aromatic carbocycles. The molecule has 61 heavy (non-hydrogen) atoms. The summed E-state index contributed by atoms with van der Waals surface area (Å²) in [5.41, 5.74) is 0. The van der Waals surface area contributed by atoms with Crippen molar-refractivity contribution in [3.63, 3.8) is 0 Å². The third-order valence-electron chi connectivity index (χ3n) is 10.2. The predicted molar refractivity (Wildman–Crippen MR) is 272 cm³/mol. The highest BCUT2D eigenvalue weighted by Gasteiger charge is 2.25. The van der Waals surface area contributed by atoms with Crippen LogP contribution in [0.2, 0.25) is 0 Å². The lowest BCUT2D eigenvalue weighted by molar-refractivity contribution is 0.261. The van der Waals surface area contributed by atoms with E-state index < -0.39 is 15.5 Å². The molecular formula is C48H113N5O6P2. The van der Waals surface area contributed by atoms with Crippen LogP contribution in [0.5, 0.6) is 0 Å². The lowest BCUT2D eigenvalue weighted by atomic mass is 10.2. The predicted octanol–water partition coefficient (Wildman–Crippen LogP) is 13.5. The summed E-state index contributed by atoms with van der Waals surface area (Å²) in [5, 5.41) is 0. The molecule has 5 N–H and O–H groups in total. The van der Waals surface area contributed by atoms with E-state index in [1.807, 2.05) is 0 Å². The lowest BCUT2D eigenvalue weighted by Crippen LogP contribution is -2.27. The molecule has 0 aromatic heterocycles. The van der Waals surface area contributed by atoms with Crippen LogP contribution < -0.4 is 4.86 Å². The van der Waals surface area contributed by atoms with E-state index in [4.69, 9.17) is 19.6 Å². The van der Waals surface area contributed by atoms with Crippen molar-refractivity contribution < 1.29 is 28.7 Å². The summed E-state index contributed by atoms with van der Waals surface area (Å²) in [6, 6.07) is 0. The van der Waals surface area contributed by atoms with Gasteiger partial charge >= 0.3 is 15.5 Å². The minimum atomic E-state index is -4.80. The molecule has 0 unspecified atom stereocenters. The van der Waals surface area contributed by atoms with E-state index in [1.165, 1.54) is 233 Å². The summed E-state index contributed by atoms with van der Waals surface area (Å²) < 4.78 is 19.5. The standard InChI is InChI=1S/4C12H27N.H5NO6P2/c4*1-4-7-10-13(11-8-5-2)12-9-6-3;2-8(3,4)1-9(5,6)7/h4*4-12H2,1-3H3;(H5,1,2,3,4,5,6,7). The topological polar surface area (TPSA) is 140 Å². The van der Waals surface area contributed by atoms with E-state index in [1.54, 1.807) is 0 Å². The molecule has 0 rings (SSSR count). The molecule has 0 aliphatic heterocycles. The minimum absolute atomic E-state index is 0.792. The molecule has 13 heteroatoms.